The normalized spacial score (nSPS) is 14.3. The van der Waals surface area contributed by atoms with E-state index in [0.717, 1.165) is 38.4 Å². The van der Waals surface area contributed by atoms with Crippen LogP contribution in [0.25, 0.3) is 26.9 Å². The van der Waals surface area contributed by atoms with Crippen molar-refractivity contribution < 1.29 is 19.0 Å². The highest BCUT2D eigenvalue weighted by atomic mass is 32.1. The number of hydrogen-bond donors (Lipinski definition) is 0. The zero-order valence-electron chi connectivity index (χ0n) is 19.5. The molecule has 1 aliphatic rings. The van der Waals surface area contributed by atoms with Crippen molar-refractivity contribution in [3.05, 3.63) is 47.5 Å². The molecule has 0 spiro atoms. The van der Waals surface area contributed by atoms with Gasteiger partial charge in [0.15, 0.2) is 0 Å². The van der Waals surface area contributed by atoms with Crippen molar-refractivity contribution >= 4 is 33.1 Å². The standard InChI is InChI=1S/C25H29N3O4S/c1-25(2,3)32-24(29)28-12-9-17(10-13-28)21-19-11-16-33-23(19)22(27-26-21)18-7-5-6-8-20(18)31-15-14-30-4/h5-9,11,16H,10,12-15H2,1-4H3. The van der Waals surface area contributed by atoms with Crippen molar-refractivity contribution in [1.82, 2.24) is 15.1 Å². The van der Waals surface area contributed by atoms with Crippen LogP contribution in [0.15, 0.2) is 41.8 Å². The Morgan fingerprint density at radius 3 is 2.64 bits per heavy atom. The highest BCUT2D eigenvalue weighted by Crippen LogP contribution is 2.38. The Balaban J connectivity index is 1.61. The zero-order valence-corrected chi connectivity index (χ0v) is 20.3. The molecule has 174 valence electrons. The van der Waals surface area contributed by atoms with Crippen LogP contribution in [0.1, 0.15) is 32.9 Å². The van der Waals surface area contributed by atoms with Crippen molar-refractivity contribution in [3.8, 4) is 17.0 Å². The molecule has 0 aliphatic carbocycles. The molecule has 3 heterocycles. The molecule has 4 rings (SSSR count). The third-order valence-electron chi connectivity index (χ3n) is 5.24. The summed E-state index contributed by atoms with van der Waals surface area (Å²) in [5.41, 5.74) is 3.19. The van der Waals surface area contributed by atoms with E-state index >= 15 is 0 Å². The summed E-state index contributed by atoms with van der Waals surface area (Å²) in [6.45, 7) is 7.70. The second-order valence-electron chi connectivity index (χ2n) is 8.80. The topological polar surface area (TPSA) is 73.8 Å². The van der Waals surface area contributed by atoms with Crippen LogP contribution in [0.5, 0.6) is 5.75 Å². The molecule has 0 saturated heterocycles. The van der Waals surface area contributed by atoms with E-state index in [1.165, 1.54) is 0 Å². The zero-order chi connectivity index (χ0) is 23.4. The number of thiophene rings is 1. The molecule has 0 bridgehead atoms. The molecule has 1 aromatic carbocycles. The average molecular weight is 468 g/mol. The van der Waals surface area contributed by atoms with Crippen molar-refractivity contribution in [3.63, 3.8) is 0 Å². The highest BCUT2D eigenvalue weighted by molar-refractivity contribution is 7.17. The predicted molar refractivity (Wildman–Crippen MR) is 131 cm³/mol. The van der Waals surface area contributed by atoms with Crippen LogP contribution in [-0.4, -0.2) is 60.2 Å². The first kappa shape index (κ1) is 23.2. The summed E-state index contributed by atoms with van der Waals surface area (Å²) >= 11 is 1.64. The lowest BCUT2D eigenvalue weighted by Crippen LogP contribution is -2.39. The Morgan fingerprint density at radius 1 is 1.12 bits per heavy atom. The number of nitrogens with zero attached hydrogens (tertiary/aromatic N) is 3. The Kier molecular flexibility index (Phi) is 6.95. The van der Waals surface area contributed by atoms with E-state index < -0.39 is 5.60 Å². The van der Waals surface area contributed by atoms with Crippen LogP contribution in [-0.2, 0) is 9.47 Å². The summed E-state index contributed by atoms with van der Waals surface area (Å²) in [6, 6.07) is 9.95. The molecule has 2 aromatic heterocycles. The molecule has 0 radical (unpaired) electrons. The number of benzene rings is 1. The van der Waals surface area contributed by atoms with E-state index in [1.54, 1.807) is 23.3 Å². The van der Waals surface area contributed by atoms with Gasteiger partial charge in [-0.15, -0.1) is 21.5 Å². The average Bonchev–Trinajstić information content (AvgIpc) is 3.28. The molecule has 8 heteroatoms. The maximum Gasteiger partial charge on any atom is 0.410 e. The van der Waals surface area contributed by atoms with Gasteiger partial charge in [-0.2, -0.15) is 0 Å². The van der Waals surface area contributed by atoms with Crippen molar-refractivity contribution in [2.45, 2.75) is 32.8 Å². The predicted octanol–water partition coefficient (Wildman–Crippen LogP) is 5.41. The van der Waals surface area contributed by atoms with E-state index in [1.807, 2.05) is 45.0 Å². The number of rotatable bonds is 6. The van der Waals surface area contributed by atoms with Gasteiger partial charge in [0.1, 0.15) is 23.7 Å². The van der Waals surface area contributed by atoms with Crippen molar-refractivity contribution in [1.29, 1.82) is 0 Å². The molecule has 3 aromatic rings. The van der Waals surface area contributed by atoms with Crippen LogP contribution >= 0.6 is 11.3 Å². The van der Waals surface area contributed by atoms with Gasteiger partial charge in [-0.25, -0.2) is 4.79 Å². The summed E-state index contributed by atoms with van der Waals surface area (Å²) in [5, 5.41) is 12.4. The summed E-state index contributed by atoms with van der Waals surface area (Å²) in [5.74, 6) is 0.760. The van der Waals surface area contributed by atoms with Gasteiger partial charge in [0.25, 0.3) is 0 Å². The molecule has 0 saturated carbocycles. The fraction of sp³-hybridized carbons (Fsp3) is 0.400. The second kappa shape index (κ2) is 9.89. The van der Waals surface area contributed by atoms with Crippen LogP contribution in [0.2, 0.25) is 0 Å². The monoisotopic (exact) mass is 467 g/mol. The molecule has 1 amide bonds. The number of carbonyl (C=O) groups is 1. The van der Waals surface area contributed by atoms with Gasteiger partial charge in [-0.3, -0.25) is 0 Å². The number of aromatic nitrogens is 2. The Morgan fingerprint density at radius 2 is 1.91 bits per heavy atom. The van der Waals surface area contributed by atoms with Crippen LogP contribution in [0.4, 0.5) is 4.79 Å². The van der Waals surface area contributed by atoms with Crippen LogP contribution < -0.4 is 4.74 Å². The van der Waals surface area contributed by atoms with E-state index in [2.05, 4.69) is 27.7 Å². The lowest BCUT2D eigenvalue weighted by atomic mass is 10.0. The van der Waals surface area contributed by atoms with Crippen molar-refractivity contribution in [2.75, 3.05) is 33.4 Å². The molecule has 33 heavy (non-hydrogen) atoms. The molecule has 0 atom stereocenters. The lowest BCUT2D eigenvalue weighted by molar-refractivity contribution is 0.0270. The number of carbonyl (C=O) groups excluding carboxylic acids is 1. The third kappa shape index (κ3) is 5.34. The molecule has 0 N–H and O–H groups in total. The smallest absolute Gasteiger partial charge is 0.410 e. The minimum atomic E-state index is -0.505. The quantitative estimate of drug-likeness (QED) is 0.452. The van der Waals surface area contributed by atoms with Gasteiger partial charge in [0.05, 0.1) is 17.0 Å². The summed E-state index contributed by atoms with van der Waals surface area (Å²) in [7, 11) is 1.65. The maximum atomic E-state index is 12.4. The van der Waals surface area contributed by atoms with E-state index in [0.29, 0.717) is 32.7 Å². The summed E-state index contributed by atoms with van der Waals surface area (Å²) in [6.07, 6.45) is 2.47. The van der Waals surface area contributed by atoms with Gasteiger partial charge in [-0.05, 0) is 56.3 Å². The minimum Gasteiger partial charge on any atom is -0.490 e. The number of hydrogen-bond acceptors (Lipinski definition) is 7. The second-order valence-corrected chi connectivity index (χ2v) is 9.72. The number of fused-ring (bicyclic) bond motifs is 1. The molecule has 1 aliphatic heterocycles. The summed E-state index contributed by atoms with van der Waals surface area (Å²) < 4.78 is 17.6. The third-order valence-corrected chi connectivity index (χ3v) is 6.16. The Bertz CT molecular complexity index is 1170. The first-order valence-electron chi connectivity index (χ1n) is 11.0. The number of ether oxygens (including phenoxy) is 3. The molecular formula is C25H29N3O4S. The van der Waals surface area contributed by atoms with Gasteiger partial charge in [0, 0.05) is 31.1 Å². The molecule has 7 nitrogen and oxygen atoms in total. The van der Waals surface area contributed by atoms with Crippen LogP contribution in [0, 0.1) is 0 Å². The fourth-order valence-electron chi connectivity index (χ4n) is 3.69. The lowest BCUT2D eigenvalue weighted by Gasteiger charge is -2.29. The number of amides is 1. The van der Waals surface area contributed by atoms with E-state index in [-0.39, 0.29) is 6.09 Å². The summed E-state index contributed by atoms with van der Waals surface area (Å²) in [4.78, 5) is 14.1. The SMILES string of the molecule is COCCOc1ccccc1-c1nnc(C2=CCN(C(=O)OC(C)(C)C)CC2)c2ccsc12. The Labute approximate surface area is 198 Å². The minimum absolute atomic E-state index is 0.287. The highest BCUT2D eigenvalue weighted by Gasteiger charge is 2.25. The molecule has 0 fully saturated rings. The van der Waals surface area contributed by atoms with Gasteiger partial charge < -0.3 is 19.1 Å². The van der Waals surface area contributed by atoms with Gasteiger partial charge in [0.2, 0.25) is 0 Å². The van der Waals surface area contributed by atoms with Crippen LogP contribution in [0.3, 0.4) is 0 Å². The van der Waals surface area contributed by atoms with E-state index in [9.17, 15) is 4.79 Å². The number of para-hydroxylation sites is 1. The van der Waals surface area contributed by atoms with Gasteiger partial charge >= 0.3 is 6.09 Å². The molecule has 0 unspecified atom stereocenters. The molecular weight excluding hydrogens is 438 g/mol. The fourth-order valence-corrected chi connectivity index (χ4v) is 4.59. The van der Waals surface area contributed by atoms with Crippen molar-refractivity contribution in [2.24, 2.45) is 0 Å². The van der Waals surface area contributed by atoms with E-state index in [4.69, 9.17) is 14.2 Å². The maximum absolute atomic E-state index is 12.4. The first-order valence-corrected chi connectivity index (χ1v) is 11.9. The Hall–Kier alpha value is -2.97. The van der Waals surface area contributed by atoms with Gasteiger partial charge in [-0.1, -0.05) is 18.2 Å². The first-order chi connectivity index (χ1) is 15.9. The number of methoxy groups -OCH3 is 1. The largest absolute Gasteiger partial charge is 0.490 e.